The molecular weight excluding hydrogens is 1030 g/mol. The third-order valence-corrected chi connectivity index (χ3v) is 22.7. The van der Waals surface area contributed by atoms with E-state index in [-0.39, 0.29) is 29.0 Å². The predicted octanol–water partition coefficient (Wildman–Crippen LogP) is 31.1. The summed E-state index contributed by atoms with van der Waals surface area (Å²) in [5.41, 5.74) is 5.25. The highest BCUT2D eigenvalue weighted by molar-refractivity contribution is 4.99. The lowest BCUT2D eigenvalue weighted by molar-refractivity contribution is -0.0321. The van der Waals surface area contributed by atoms with Crippen molar-refractivity contribution in [2.75, 3.05) is 0 Å². The molecule has 0 radical (unpaired) electrons. The van der Waals surface area contributed by atoms with Gasteiger partial charge in [-0.15, -0.1) is 0 Å². The van der Waals surface area contributed by atoms with Gasteiger partial charge in [0, 0.05) is 9.60 Å². The van der Waals surface area contributed by atoms with E-state index in [0.717, 1.165) is 65.6 Å². The van der Waals surface area contributed by atoms with Gasteiger partial charge in [-0.3, -0.25) is 0 Å². The van der Waals surface area contributed by atoms with Gasteiger partial charge in [0.2, 0.25) is 0 Å². The standard InChI is InChI=1S/C16H30.C14H26.C12H22.C11H20.C7H14.C6H12.C6H14.2C5H12.C4H10/c1-13-6-8-16(9-7-13)11-14(2,3)10-15(4,5)12-16;1-12-4-6-14(7-5-12)10-8-13(2,3)9-11-14;1-11-5-9-12(10-6-11)7-3-2-4-8-12;1-10-4-8-11(9-5-10)6-2-3-7-11;1-7-5-3-2-4-6-7;1-6-4-2-3-5-6;1-5-6(2,3)4;1-5(2,3)4;1-4-5(2)3;1-4(2)3/h13H,6-12H2,1-5H3;12H,4-11H2,1-3H3;11H,2-10H2,1H3;10H,2-9H2,1H3;7H,2-6H2,1H3;6H,2-5H2,1H3;5H2,1-4H3;1-4H3;5H,4H2,1-3H3;4H,1-3H3/i;;;;7D;6D;5D2;;4D2;4D. The van der Waals surface area contributed by atoms with Gasteiger partial charge >= 0.3 is 0 Å². The Bertz CT molecular complexity index is 1820. The molecule has 0 nitrogen and oxygen atoms in total. The molecule has 0 saturated heterocycles. The lowest BCUT2D eigenvalue weighted by Gasteiger charge is -2.54. The summed E-state index contributed by atoms with van der Waals surface area (Å²) in [6.45, 7) is 55.6. The van der Waals surface area contributed by atoms with Crippen LogP contribution < -0.4 is 0 Å². The monoisotopic (exact) mass is 1210 g/mol. The first-order chi connectivity index (χ1) is 42.0. The molecule has 0 aromatic carbocycles. The van der Waals surface area contributed by atoms with Crippen molar-refractivity contribution in [2.24, 2.45) is 96.0 Å². The van der Waals surface area contributed by atoms with Crippen LogP contribution in [0.5, 0.6) is 0 Å². The van der Waals surface area contributed by atoms with Gasteiger partial charge < -0.3 is 0 Å². The molecule has 0 N–H and O–H groups in total. The minimum Gasteiger partial charge on any atom is -0.0651 e. The van der Waals surface area contributed by atoms with Crippen molar-refractivity contribution in [1.29, 1.82) is 0 Å². The Labute approximate surface area is 559 Å². The molecule has 10 aliphatic rings. The van der Waals surface area contributed by atoms with Crippen LogP contribution >= 0.6 is 0 Å². The van der Waals surface area contributed by atoms with E-state index in [2.05, 4.69) is 96.9 Å². The van der Waals surface area contributed by atoms with Crippen LogP contribution in [0.1, 0.15) is 466 Å². The Morgan fingerprint density at radius 3 is 0.802 bits per heavy atom. The van der Waals surface area contributed by atoms with Crippen molar-refractivity contribution >= 4 is 0 Å². The maximum atomic E-state index is 7.63. The SMILES string of the molecule is CC(C)(C)C.CC1CCC2(CC1)CC(C)(C)CC(C)(C)C2.CC1CCC2(CC1)CCC(C)(C)CC2.CC1CCC2(CCCC2)CC1.CC1CCC2(CCCCC2)CC1.[2H]C(C)(C)C.[2H]C([2H])(C)C(C)(C)C.[2H]C([2H])(C)C(C)C.[2H]C1(C)CCCC1.[2H]C1(C)CCCCC1. The van der Waals surface area contributed by atoms with E-state index in [1.54, 1.807) is 65.2 Å². The number of rotatable bonds is 1. The first-order valence-electron chi connectivity index (χ1n) is 42.0. The van der Waals surface area contributed by atoms with Gasteiger partial charge in [0.15, 0.2) is 0 Å². The molecule has 0 aromatic rings. The maximum absolute atomic E-state index is 7.63. The van der Waals surface area contributed by atoms with Gasteiger partial charge in [-0.1, -0.05) is 334 Å². The molecule has 4 spiro atoms. The van der Waals surface area contributed by atoms with Crippen molar-refractivity contribution in [3.05, 3.63) is 0 Å². The van der Waals surface area contributed by atoms with Crippen LogP contribution in [0, 0.1) is 96.0 Å². The Morgan fingerprint density at radius 2 is 0.570 bits per heavy atom. The highest BCUT2D eigenvalue weighted by Crippen LogP contribution is 2.60. The van der Waals surface area contributed by atoms with E-state index < -0.39 is 12.7 Å². The van der Waals surface area contributed by atoms with Crippen molar-refractivity contribution in [2.45, 2.75) is 456 Å². The molecule has 10 fully saturated rings. The smallest absolute Gasteiger partial charge is 0.0300 e. The maximum Gasteiger partial charge on any atom is 0.0300 e. The average molecular weight is 1210 g/mol. The minimum absolute atomic E-state index is 0.0556. The lowest BCUT2D eigenvalue weighted by Crippen LogP contribution is -2.43. The van der Waals surface area contributed by atoms with Crippen molar-refractivity contribution in [3.63, 3.8) is 0 Å². The summed E-state index contributed by atoms with van der Waals surface area (Å²) < 4.78 is 50.7. The summed E-state index contributed by atoms with van der Waals surface area (Å²) in [6, 6.07) is 0. The summed E-state index contributed by atoms with van der Waals surface area (Å²) in [5, 5.41) is 0. The molecule has 10 aliphatic carbocycles. The second-order valence-corrected chi connectivity index (χ2v) is 38.6. The van der Waals surface area contributed by atoms with Crippen LogP contribution in [0.15, 0.2) is 0 Å². The molecule has 86 heavy (non-hydrogen) atoms. The molecule has 0 bridgehead atoms. The molecular formula is C86H172. The first kappa shape index (κ1) is 71.8. The molecule has 10 rings (SSSR count). The Kier molecular flexibility index (Phi) is 34.2. The Hall–Kier alpha value is 0. The highest BCUT2D eigenvalue weighted by atomic mass is 14.5. The fourth-order valence-corrected chi connectivity index (χ4v) is 16.9. The zero-order valence-corrected chi connectivity index (χ0v) is 64.9. The summed E-state index contributed by atoms with van der Waals surface area (Å²) in [6.07, 6.45) is 57.3. The van der Waals surface area contributed by atoms with Gasteiger partial charge in [-0.05, 0) is 218 Å². The average Bonchev–Trinajstić information content (AvgIpc) is 1.32. The number of hydrogen-bond acceptors (Lipinski definition) is 0. The van der Waals surface area contributed by atoms with E-state index >= 15 is 0 Å². The molecule has 0 aliphatic heterocycles. The van der Waals surface area contributed by atoms with Crippen LogP contribution in [0.2, 0.25) is 0 Å². The molecule has 0 atom stereocenters. The summed E-state index contributed by atoms with van der Waals surface area (Å²) in [7, 11) is 0. The van der Waals surface area contributed by atoms with Gasteiger partial charge in [0.25, 0.3) is 0 Å². The zero-order chi connectivity index (χ0) is 71.9. The highest BCUT2D eigenvalue weighted by Gasteiger charge is 2.48. The third-order valence-electron chi connectivity index (χ3n) is 22.7. The first-order valence-corrected chi connectivity index (χ1v) is 38.5. The fourth-order valence-electron chi connectivity index (χ4n) is 16.9. The van der Waals surface area contributed by atoms with Crippen molar-refractivity contribution in [3.8, 4) is 0 Å². The second-order valence-electron chi connectivity index (χ2n) is 38.6. The van der Waals surface area contributed by atoms with Crippen LogP contribution in [-0.4, -0.2) is 0 Å². The molecule has 0 heteroatoms. The largest absolute Gasteiger partial charge is 0.0651 e. The minimum atomic E-state index is -1.06. The Morgan fingerprint density at radius 1 is 0.349 bits per heavy atom. The van der Waals surface area contributed by atoms with Crippen molar-refractivity contribution in [1.82, 2.24) is 0 Å². The van der Waals surface area contributed by atoms with Crippen LogP contribution in [0.25, 0.3) is 0 Å². The molecule has 0 aromatic heterocycles. The van der Waals surface area contributed by atoms with Gasteiger partial charge in [-0.25, -0.2) is 0 Å². The van der Waals surface area contributed by atoms with E-state index in [4.69, 9.17) is 9.60 Å². The molecule has 516 valence electrons. The topological polar surface area (TPSA) is 0 Å². The van der Waals surface area contributed by atoms with Crippen LogP contribution in [-0.2, 0) is 0 Å². The van der Waals surface area contributed by atoms with E-state index in [9.17, 15) is 0 Å². The van der Waals surface area contributed by atoms with Crippen LogP contribution in [0.3, 0.4) is 0 Å². The molecule has 0 amide bonds. The molecule has 0 heterocycles. The van der Waals surface area contributed by atoms with Gasteiger partial charge in [-0.2, -0.15) is 0 Å². The quantitative estimate of drug-likeness (QED) is 0.245. The second kappa shape index (κ2) is 41.0. The van der Waals surface area contributed by atoms with E-state index in [1.165, 1.54) is 186 Å². The zero-order valence-electron chi connectivity index (χ0n) is 71.9. The summed E-state index contributed by atoms with van der Waals surface area (Å²) in [5.74, 6) is 3.80. The van der Waals surface area contributed by atoms with Gasteiger partial charge in [0.05, 0.1) is 0 Å². The molecule has 0 unspecified atom stereocenters. The lowest BCUT2D eigenvalue weighted by atomic mass is 9.51. The fraction of sp³-hybridized carbons (Fsp3) is 1.00. The van der Waals surface area contributed by atoms with E-state index in [0.29, 0.717) is 27.1 Å². The van der Waals surface area contributed by atoms with Crippen LogP contribution in [0.4, 0.5) is 0 Å². The summed E-state index contributed by atoms with van der Waals surface area (Å²) >= 11 is 0. The predicted molar refractivity (Wildman–Crippen MR) is 396 cm³/mol. The van der Waals surface area contributed by atoms with E-state index in [1.807, 2.05) is 69.2 Å². The van der Waals surface area contributed by atoms with Gasteiger partial charge in [0.1, 0.15) is 0 Å². The number of hydrogen-bond donors (Lipinski definition) is 0. The third kappa shape index (κ3) is 40.9. The Balaban J connectivity index is 0.000000528. The molecule has 10 saturated carbocycles. The normalized spacial score (nSPS) is 28.3. The van der Waals surface area contributed by atoms with Crippen molar-refractivity contribution < 1.29 is 9.60 Å². The summed E-state index contributed by atoms with van der Waals surface area (Å²) in [4.78, 5) is 0.